The SMILES string of the molecule is COc1ccc(N2CCOCC2)cc1C(C)(C)O. The zero-order valence-electron chi connectivity index (χ0n) is 11.3. The zero-order valence-corrected chi connectivity index (χ0v) is 11.3. The van der Waals surface area contributed by atoms with Crippen LogP contribution < -0.4 is 9.64 Å². The summed E-state index contributed by atoms with van der Waals surface area (Å²) in [7, 11) is 1.62. The lowest BCUT2D eigenvalue weighted by molar-refractivity contribution is 0.0756. The van der Waals surface area contributed by atoms with Gasteiger partial charge in [-0.3, -0.25) is 0 Å². The van der Waals surface area contributed by atoms with Gasteiger partial charge in [-0.2, -0.15) is 0 Å². The van der Waals surface area contributed by atoms with E-state index in [1.54, 1.807) is 21.0 Å². The Hall–Kier alpha value is -1.26. The monoisotopic (exact) mass is 251 g/mol. The van der Waals surface area contributed by atoms with E-state index in [-0.39, 0.29) is 0 Å². The number of ether oxygens (including phenoxy) is 2. The minimum Gasteiger partial charge on any atom is -0.496 e. The summed E-state index contributed by atoms with van der Waals surface area (Å²) < 4.78 is 10.7. The number of anilines is 1. The van der Waals surface area contributed by atoms with Gasteiger partial charge < -0.3 is 19.5 Å². The maximum atomic E-state index is 10.2. The Bertz CT molecular complexity index is 406. The van der Waals surface area contributed by atoms with E-state index in [0.717, 1.165) is 43.3 Å². The predicted octanol–water partition coefficient (Wildman–Crippen LogP) is 1.76. The molecule has 0 amide bonds. The number of hydrogen-bond donors (Lipinski definition) is 1. The first-order chi connectivity index (χ1) is 8.52. The molecule has 1 aliphatic rings. The Morgan fingerprint density at radius 2 is 1.94 bits per heavy atom. The Balaban J connectivity index is 2.33. The Labute approximate surface area is 108 Å². The maximum Gasteiger partial charge on any atom is 0.125 e. The van der Waals surface area contributed by atoms with Gasteiger partial charge >= 0.3 is 0 Å². The third kappa shape index (κ3) is 2.76. The van der Waals surface area contributed by atoms with Gasteiger partial charge in [0, 0.05) is 24.3 Å². The average molecular weight is 251 g/mol. The number of hydrogen-bond acceptors (Lipinski definition) is 4. The summed E-state index contributed by atoms with van der Waals surface area (Å²) in [5, 5.41) is 10.2. The topological polar surface area (TPSA) is 41.9 Å². The highest BCUT2D eigenvalue weighted by Gasteiger charge is 2.22. The predicted molar refractivity (Wildman–Crippen MR) is 71.3 cm³/mol. The second kappa shape index (κ2) is 5.16. The molecule has 1 fully saturated rings. The van der Waals surface area contributed by atoms with Crippen LogP contribution in [0.5, 0.6) is 5.75 Å². The van der Waals surface area contributed by atoms with E-state index in [0.29, 0.717) is 0 Å². The van der Waals surface area contributed by atoms with Crippen molar-refractivity contribution in [3.05, 3.63) is 23.8 Å². The Morgan fingerprint density at radius 3 is 2.50 bits per heavy atom. The van der Waals surface area contributed by atoms with E-state index in [1.165, 1.54) is 0 Å². The number of aliphatic hydroxyl groups is 1. The average Bonchev–Trinajstić information content (AvgIpc) is 2.38. The van der Waals surface area contributed by atoms with Crippen molar-refractivity contribution in [2.45, 2.75) is 19.4 Å². The molecular formula is C14H21NO3. The second-order valence-electron chi connectivity index (χ2n) is 5.04. The van der Waals surface area contributed by atoms with Crippen molar-refractivity contribution < 1.29 is 14.6 Å². The molecule has 1 saturated heterocycles. The number of benzene rings is 1. The number of rotatable bonds is 3. The highest BCUT2D eigenvalue weighted by atomic mass is 16.5. The third-order valence-electron chi connectivity index (χ3n) is 3.22. The van der Waals surface area contributed by atoms with Crippen LogP contribution in [0.3, 0.4) is 0 Å². The summed E-state index contributed by atoms with van der Waals surface area (Å²) >= 11 is 0. The van der Waals surface area contributed by atoms with Gasteiger partial charge in [-0.05, 0) is 32.0 Å². The number of methoxy groups -OCH3 is 1. The summed E-state index contributed by atoms with van der Waals surface area (Å²) in [5.41, 5.74) is 1.01. The van der Waals surface area contributed by atoms with Gasteiger partial charge in [0.25, 0.3) is 0 Å². The number of morpholine rings is 1. The van der Waals surface area contributed by atoms with Crippen LogP contribution >= 0.6 is 0 Å². The maximum absolute atomic E-state index is 10.2. The van der Waals surface area contributed by atoms with E-state index in [2.05, 4.69) is 4.90 Å². The summed E-state index contributed by atoms with van der Waals surface area (Å²) in [6.45, 7) is 6.82. The summed E-state index contributed by atoms with van der Waals surface area (Å²) in [6.07, 6.45) is 0. The molecule has 100 valence electrons. The fourth-order valence-electron chi connectivity index (χ4n) is 2.19. The van der Waals surface area contributed by atoms with Crippen molar-refractivity contribution in [3.63, 3.8) is 0 Å². The van der Waals surface area contributed by atoms with Gasteiger partial charge in [0.15, 0.2) is 0 Å². The van der Waals surface area contributed by atoms with Crippen LogP contribution in [0.25, 0.3) is 0 Å². The lowest BCUT2D eigenvalue weighted by atomic mass is 9.96. The standard InChI is InChI=1S/C14H21NO3/c1-14(2,16)12-10-11(4-5-13(12)17-3)15-6-8-18-9-7-15/h4-5,10,16H,6-9H2,1-3H3. The first-order valence-corrected chi connectivity index (χ1v) is 6.26. The molecule has 1 aromatic rings. The van der Waals surface area contributed by atoms with Gasteiger partial charge in [-0.15, -0.1) is 0 Å². The Kier molecular flexibility index (Phi) is 3.78. The summed E-state index contributed by atoms with van der Waals surface area (Å²) in [5.74, 6) is 0.722. The van der Waals surface area contributed by atoms with Crippen molar-refractivity contribution in [2.75, 3.05) is 38.3 Å². The van der Waals surface area contributed by atoms with Crippen LogP contribution in [0.15, 0.2) is 18.2 Å². The van der Waals surface area contributed by atoms with Crippen LogP contribution in [0.2, 0.25) is 0 Å². The molecule has 0 spiro atoms. The number of nitrogens with zero attached hydrogens (tertiary/aromatic N) is 1. The largest absolute Gasteiger partial charge is 0.496 e. The fourth-order valence-corrected chi connectivity index (χ4v) is 2.19. The zero-order chi connectivity index (χ0) is 13.2. The van der Waals surface area contributed by atoms with Gasteiger partial charge in [-0.1, -0.05) is 0 Å². The highest BCUT2D eigenvalue weighted by molar-refractivity contribution is 5.54. The van der Waals surface area contributed by atoms with E-state index in [4.69, 9.17) is 9.47 Å². The van der Waals surface area contributed by atoms with Gasteiger partial charge in [-0.25, -0.2) is 0 Å². The molecule has 1 aliphatic heterocycles. The smallest absolute Gasteiger partial charge is 0.125 e. The summed E-state index contributed by atoms with van der Waals surface area (Å²) in [6, 6.07) is 5.95. The molecule has 2 rings (SSSR count). The molecule has 1 N–H and O–H groups in total. The molecule has 0 atom stereocenters. The molecule has 4 nitrogen and oxygen atoms in total. The summed E-state index contributed by atoms with van der Waals surface area (Å²) in [4.78, 5) is 2.26. The van der Waals surface area contributed by atoms with Crippen LogP contribution in [0.4, 0.5) is 5.69 Å². The van der Waals surface area contributed by atoms with Crippen molar-refractivity contribution >= 4 is 5.69 Å². The molecule has 4 heteroatoms. The van der Waals surface area contributed by atoms with Crippen molar-refractivity contribution in [3.8, 4) is 5.75 Å². The molecule has 0 bridgehead atoms. The highest BCUT2D eigenvalue weighted by Crippen LogP contribution is 2.33. The second-order valence-corrected chi connectivity index (χ2v) is 5.04. The van der Waals surface area contributed by atoms with Gasteiger partial charge in [0.1, 0.15) is 5.75 Å². The van der Waals surface area contributed by atoms with Crippen molar-refractivity contribution in [1.29, 1.82) is 0 Å². The van der Waals surface area contributed by atoms with Gasteiger partial charge in [0.2, 0.25) is 0 Å². The molecule has 1 heterocycles. The van der Waals surface area contributed by atoms with Crippen LogP contribution in [-0.4, -0.2) is 38.5 Å². The van der Waals surface area contributed by atoms with E-state index >= 15 is 0 Å². The van der Waals surface area contributed by atoms with Crippen LogP contribution in [0, 0.1) is 0 Å². The first-order valence-electron chi connectivity index (χ1n) is 6.26. The minimum atomic E-state index is -0.909. The van der Waals surface area contributed by atoms with E-state index in [9.17, 15) is 5.11 Å². The third-order valence-corrected chi connectivity index (χ3v) is 3.22. The molecule has 0 aliphatic carbocycles. The molecular weight excluding hydrogens is 230 g/mol. The first kappa shape index (κ1) is 13.2. The quantitative estimate of drug-likeness (QED) is 0.889. The normalized spacial score (nSPS) is 16.8. The van der Waals surface area contributed by atoms with Gasteiger partial charge in [0.05, 0.1) is 25.9 Å². The van der Waals surface area contributed by atoms with Crippen LogP contribution in [0.1, 0.15) is 19.4 Å². The molecule has 0 saturated carbocycles. The lowest BCUT2D eigenvalue weighted by Crippen LogP contribution is -2.36. The fraction of sp³-hybridized carbons (Fsp3) is 0.571. The lowest BCUT2D eigenvalue weighted by Gasteiger charge is -2.30. The molecule has 0 aromatic heterocycles. The Morgan fingerprint density at radius 1 is 1.28 bits per heavy atom. The molecule has 1 aromatic carbocycles. The van der Waals surface area contributed by atoms with Crippen LogP contribution in [-0.2, 0) is 10.3 Å². The van der Waals surface area contributed by atoms with E-state index in [1.807, 2.05) is 18.2 Å². The molecule has 0 unspecified atom stereocenters. The molecule has 0 radical (unpaired) electrons. The van der Waals surface area contributed by atoms with Crippen molar-refractivity contribution in [1.82, 2.24) is 0 Å². The molecule has 18 heavy (non-hydrogen) atoms. The van der Waals surface area contributed by atoms with Crippen molar-refractivity contribution in [2.24, 2.45) is 0 Å². The van der Waals surface area contributed by atoms with E-state index < -0.39 is 5.60 Å². The minimum absolute atomic E-state index is 0.722.